The van der Waals surface area contributed by atoms with Gasteiger partial charge < -0.3 is 9.72 Å². The van der Waals surface area contributed by atoms with Gasteiger partial charge in [-0.1, -0.05) is 32.3 Å². The van der Waals surface area contributed by atoms with E-state index in [1.54, 1.807) is 4.57 Å². The second-order valence-electron chi connectivity index (χ2n) is 7.63. The standard InChI is InChI=1S/C21H23F3N4O2/c1-2-11-28-18-16(25-17(26-18)13-7-4-3-5-8-13)19(29)27-20(28)30-15-10-6-9-14(12-15)21(22,23)24/h6,9-10,12-13H,2-5,7-8,11H2,1H3,(H,25,26). The molecule has 0 aliphatic heterocycles. The molecule has 1 aliphatic rings. The van der Waals surface area contributed by atoms with Crippen molar-refractivity contribution in [2.75, 3.05) is 0 Å². The number of halogens is 3. The maximum absolute atomic E-state index is 13.0. The van der Waals surface area contributed by atoms with E-state index in [1.807, 2.05) is 6.92 Å². The van der Waals surface area contributed by atoms with Crippen LogP contribution >= 0.6 is 0 Å². The van der Waals surface area contributed by atoms with E-state index >= 15 is 0 Å². The average molecular weight is 420 g/mol. The molecule has 1 fully saturated rings. The van der Waals surface area contributed by atoms with Crippen LogP contribution in [0.25, 0.3) is 11.2 Å². The molecule has 160 valence electrons. The van der Waals surface area contributed by atoms with E-state index < -0.39 is 17.3 Å². The van der Waals surface area contributed by atoms with Crippen molar-refractivity contribution in [2.45, 2.75) is 64.1 Å². The molecule has 2 heterocycles. The molecule has 1 aliphatic carbocycles. The van der Waals surface area contributed by atoms with Gasteiger partial charge in [0.1, 0.15) is 11.6 Å². The number of ether oxygens (including phenoxy) is 1. The first-order chi connectivity index (χ1) is 14.4. The van der Waals surface area contributed by atoms with E-state index in [-0.39, 0.29) is 17.7 Å². The summed E-state index contributed by atoms with van der Waals surface area (Å²) in [6, 6.07) is 4.46. The fourth-order valence-corrected chi connectivity index (χ4v) is 3.93. The lowest BCUT2D eigenvalue weighted by molar-refractivity contribution is -0.137. The Morgan fingerprint density at radius 3 is 2.67 bits per heavy atom. The number of nitrogens with zero attached hydrogens (tertiary/aromatic N) is 3. The van der Waals surface area contributed by atoms with Gasteiger partial charge >= 0.3 is 17.7 Å². The molecule has 1 N–H and O–H groups in total. The normalized spacial score (nSPS) is 15.6. The summed E-state index contributed by atoms with van der Waals surface area (Å²) in [4.78, 5) is 24.4. The van der Waals surface area contributed by atoms with Crippen LogP contribution in [-0.4, -0.2) is 19.5 Å². The van der Waals surface area contributed by atoms with Gasteiger partial charge in [-0.3, -0.25) is 9.36 Å². The number of alkyl halides is 3. The molecule has 0 amide bonds. The molecular weight excluding hydrogens is 397 g/mol. The third-order valence-corrected chi connectivity index (χ3v) is 5.41. The average Bonchev–Trinajstić information content (AvgIpc) is 3.17. The van der Waals surface area contributed by atoms with Crippen molar-refractivity contribution in [1.82, 2.24) is 19.5 Å². The predicted octanol–water partition coefficient (Wildman–Crippen LogP) is 5.39. The van der Waals surface area contributed by atoms with Crippen LogP contribution in [0.15, 0.2) is 29.1 Å². The van der Waals surface area contributed by atoms with Crippen LogP contribution in [0.5, 0.6) is 11.8 Å². The zero-order valence-corrected chi connectivity index (χ0v) is 16.6. The Morgan fingerprint density at radius 2 is 1.97 bits per heavy atom. The van der Waals surface area contributed by atoms with E-state index in [9.17, 15) is 18.0 Å². The highest BCUT2D eigenvalue weighted by atomic mass is 19.4. The maximum atomic E-state index is 13.0. The molecule has 3 aromatic rings. The van der Waals surface area contributed by atoms with Crippen LogP contribution in [0.1, 0.15) is 62.8 Å². The Bertz CT molecular complexity index is 1100. The van der Waals surface area contributed by atoms with Crippen LogP contribution < -0.4 is 10.3 Å². The lowest BCUT2D eigenvalue weighted by atomic mass is 9.89. The Kier molecular flexibility index (Phi) is 5.53. The zero-order chi connectivity index (χ0) is 21.3. The number of rotatable bonds is 5. The Hall–Kier alpha value is -2.84. The van der Waals surface area contributed by atoms with Crippen LogP contribution in [-0.2, 0) is 12.7 Å². The number of aromatic nitrogens is 4. The smallest absolute Gasteiger partial charge is 0.416 e. The van der Waals surface area contributed by atoms with Crippen LogP contribution in [0.4, 0.5) is 13.2 Å². The molecule has 1 aromatic carbocycles. The van der Waals surface area contributed by atoms with Gasteiger partial charge in [-0.05, 0) is 37.5 Å². The number of benzene rings is 1. The molecule has 6 nitrogen and oxygen atoms in total. The first-order valence-corrected chi connectivity index (χ1v) is 10.2. The second kappa shape index (κ2) is 8.12. The highest BCUT2D eigenvalue weighted by molar-refractivity contribution is 5.70. The fraction of sp³-hybridized carbons (Fsp3) is 0.476. The van der Waals surface area contributed by atoms with Crippen molar-refractivity contribution in [3.63, 3.8) is 0 Å². The van der Waals surface area contributed by atoms with Gasteiger partial charge in [0.25, 0.3) is 0 Å². The van der Waals surface area contributed by atoms with Crippen molar-refractivity contribution >= 4 is 11.2 Å². The van der Waals surface area contributed by atoms with Crippen molar-refractivity contribution in [3.8, 4) is 11.8 Å². The van der Waals surface area contributed by atoms with Crippen molar-refractivity contribution in [3.05, 3.63) is 46.0 Å². The Balaban J connectivity index is 1.76. The van der Waals surface area contributed by atoms with Crippen LogP contribution in [0, 0.1) is 0 Å². The molecule has 2 aromatic heterocycles. The molecule has 0 radical (unpaired) electrons. The minimum atomic E-state index is -4.49. The third kappa shape index (κ3) is 4.06. The Labute approximate surface area is 171 Å². The highest BCUT2D eigenvalue weighted by Gasteiger charge is 2.31. The van der Waals surface area contributed by atoms with Crippen LogP contribution in [0.3, 0.4) is 0 Å². The first-order valence-electron chi connectivity index (χ1n) is 10.2. The first kappa shape index (κ1) is 20.4. The summed E-state index contributed by atoms with van der Waals surface area (Å²) >= 11 is 0. The summed E-state index contributed by atoms with van der Waals surface area (Å²) < 4.78 is 46.3. The van der Waals surface area contributed by atoms with Gasteiger partial charge in [-0.25, -0.2) is 4.98 Å². The van der Waals surface area contributed by atoms with Crippen molar-refractivity contribution < 1.29 is 17.9 Å². The monoisotopic (exact) mass is 420 g/mol. The summed E-state index contributed by atoms with van der Waals surface area (Å²) in [6.07, 6.45) is 1.72. The van der Waals surface area contributed by atoms with E-state index in [2.05, 4.69) is 15.0 Å². The molecule has 0 saturated heterocycles. The molecular formula is C21H23F3N4O2. The van der Waals surface area contributed by atoms with Gasteiger partial charge in [0.2, 0.25) is 0 Å². The second-order valence-corrected chi connectivity index (χ2v) is 7.63. The molecule has 0 bridgehead atoms. The van der Waals surface area contributed by atoms with Gasteiger partial charge in [0.05, 0.1) is 5.56 Å². The quantitative estimate of drug-likeness (QED) is 0.601. The zero-order valence-electron chi connectivity index (χ0n) is 16.6. The summed E-state index contributed by atoms with van der Waals surface area (Å²) in [5, 5.41) is 0. The maximum Gasteiger partial charge on any atom is 0.416 e. The van der Waals surface area contributed by atoms with Crippen molar-refractivity contribution in [1.29, 1.82) is 0 Å². The molecule has 4 rings (SSSR count). The van der Waals surface area contributed by atoms with E-state index in [4.69, 9.17) is 4.74 Å². The van der Waals surface area contributed by atoms with Gasteiger partial charge in [0.15, 0.2) is 11.2 Å². The molecule has 0 spiro atoms. The lowest BCUT2D eigenvalue weighted by Gasteiger charge is -2.18. The molecule has 9 heteroatoms. The number of hydrogen-bond donors (Lipinski definition) is 1. The summed E-state index contributed by atoms with van der Waals surface area (Å²) in [6.45, 7) is 2.42. The largest absolute Gasteiger partial charge is 0.425 e. The number of H-pyrrole nitrogens is 1. The topological polar surface area (TPSA) is 72.8 Å². The van der Waals surface area contributed by atoms with Gasteiger partial charge in [0, 0.05) is 12.5 Å². The van der Waals surface area contributed by atoms with E-state index in [1.165, 1.54) is 18.6 Å². The van der Waals surface area contributed by atoms with Gasteiger partial charge in [-0.15, -0.1) is 0 Å². The SMILES string of the molecule is CCCn1c(Oc2cccc(C(F)(F)F)c2)nc(=O)c2[nH]c(C3CCCCC3)nc21. The summed E-state index contributed by atoms with van der Waals surface area (Å²) in [5.74, 6) is 1.00. The van der Waals surface area contributed by atoms with E-state index in [0.717, 1.165) is 43.6 Å². The third-order valence-electron chi connectivity index (χ3n) is 5.41. The Morgan fingerprint density at radius 1 is 1.20 bits per heavy atom. The number of fused-ring (bicyclic) bond motifs is 1. The number of nitrogens with one attached hydrogen (secondary N) is 1. The minimum absolute atomic E-state index is 0.0380. The number of imidazole rings is 1. The summed E-state index contributed by atoms with van der Waals surface area (Å²) in [5.41, 5.74) is -0.626. The molecule has 0 unspecified atom stereocenters. The van der Waals surface area contributed by atoms with Gasteiger partial charge in [-0.2, -0.15) is 18.2 Å². The molecule has 0 atom stereocenters. The molecule has 1 saturated carbocycles. The lowest BCUT2D eigenvalue weighted by Crippen LogP contribution is -2.16. The van der Waals surface area contributed by atoms with Crippen molar-refractivity contribution in [2.24, 2.45) is 0 Å². The van der Waals surface area contributed by atoms with Crippen LogP contribution in [0.2, 0.25) is 0 Å². The predicted molar refractivity (Wildman–Crippen MR) is 106 cm³/mol. The number of aromatic amines is 1. The summed E-state index contributed by atoms with van der Waals surface area (Å²) in [7, 11) is 0. The highest BCUT2D eigenvalue weighted by Crippen LogP contribution is 2.34. The van der Waals surface area contributed by atoms with E-state index in [0.29, 0.717) is 24.1 Å². The number of hydrogen-bond acceptors (Lipinski definition) is 4. The number of aryl methyl sites for hydroxylation is 1. The molecule has 30 heavy (non-hydrogen) atoms. The fourth-order valence-electron chi connectivity index (χ4n) is 3.93. The minimum Gasteiger partial charge on any atom is -0.425 e.